The van der Waals surface area contributed by atoms with Gasteiger partial charge in [0.15, 0.2) is 0 Å². The van der Waals surface area contributed by atoms with Crippen LogP contribution in [0.15, 0.2) is 18.2 Å². The van der Waals surface area contributed by atoms with E-state index in [-0.39, 0.29) is 6.54 Å². The summed E-state index contributed by atoms with van der Waals surface area (Å²) in [6, 6.07) is 5.60. The summed E-state index contributed by atoms with van der Waals surface area (Å²) in [5.74, 6) is -0.691. The smallest absolute Gasteiger partial charge is 0.311 e. The highest BCUT2D eigenvalue weighted by molar-refractivity contribution is 5.96. The number of benzene rings is 1. The van der Waals surface area contributed by atoms with Crippen molar-refractivity contribution in [1.29, 1.82) is 0 Å². The van der Waals surface area contributed by atoms with Crippen molar-refractivity contribution in [2.75, 3.05) is 13.8 Å². The monoisotopic (exact) mass is 291 g/mol. The minimum absolute atomic E-state index is 0.255. The molecule has 4 nitrogen and oxygen atoms in total. The van der Waals surface area contributed by atoms with Crippen LogP contribution in [0.1, 0.15) is 30.0 Å². The topological polar surface area (TPSA) is 51.5 Å². The van der Waals surface area contributed by atoms with Crippen LogP contribution < -0.4 is 4.74 Å². The highest BCUT2D eigenvalue weighted by Gasteiger charge is 2.33. The Hall–Kier alpha value is -2.04. The number of carboxylic acids is 1. The molecule has 3 rings (SSSR count). The number of ether oxygens (including phenoxy) is 1. The van der Waals surface area contributed by atoms with E-state index in [4.69, 9.17) is 4.74 Å². The number of hydrogen-bond donors (Lipinski definition) is 1. The standard InChI is InChI=1S/C16H18FNO3/c1-21-13-7-3-6-12-15(13)14-10(16(19)20)4-2-5-11(14)18(12)9-8-17/h3,6-7,10H,2,4-5,8-9H2,1H3,(H,19,20). The molecule has 1 aromatic heterocycles. The number of aromatic nitrogens is 1. The van der Waals surface area contributed by atoms with Gasteiger partial charge in [-0.25, -0.2) is 4.39 Å². The second-order valence-electron chi connectivity index (χ2n) is 5.34. The van der Waals surface area contributed by atoms with Crippen molar-refractivity contribution in [1.82, 2.24) is 4.57 Å². The van der Waals surface area contributed by atoms with Crippen molar-refractivity contribution in [3.8, 4) is 5.75 Å². The van der Waals surface area contributed by atoms with Gasteiger partial charge in [0.25, 0.3) is 0 Å². The van der Waals surface area contributed by atoms with Crippen LogP contribution in [0.25, 0.3) is 10.9 Å². The lowest BCUT2D eigenvalue weighted by molar-refractivity contribution is -0.139. The number of halogens is 1. The number of nitrogens with zero attached hydrogens (tertiary/aromatic N) is 1. The highest BCUT2D eigenvalue weighted by atomic mass is 19.1. The van der Waals surface area contributed by atoms with Crippen molar-refractivity contribution in [3.05, 3.63) is 29.5 Å². The summed E-state index contributed by atoms with van der Waals surface area (Å²) in [5.41, 5.74) is 2.63. The minimum Gasteiger partial charge on any atom is -0.496 e. The Balaban J connectivity index is 2.36. The predicted octanol–water partition coefficient (Wildman–Crippen LogP) is 3.12. The molecule has 1 aliphatic rings. The van der Waals surface area contributed by atoms with E-state index in [1.165, 1.54) is 0 Å². The zero-order valence-electron chi connectivity index (χ0n) is 11.9. The maximum Gasteiger partial charge on any atom is 0.311 e. The molecule has 1 N–H and O–H groups in total. The number of alkyl halides is 1. The van der Waals surface area contributed by atoms with Crippen LogP contribution in [0.3, 0.4) is 0 Å². The van der Waals surface area contributed by atoms with Gasteiger partial charge in [0.2, 0.25) is 0 Å². The highest BCUT2D eigenvalue weighted by Crippen LogP contribution is 2.43. The first-order valence-corrected chi connectivity index (χ1v) is 7.15. The molecule has 0 bridgehead atoms. The van der Waals surface area contributed by atoms with Crippen LogP contribution >= 0.6 is 0 Å². The van der Waals surface area contributed by atoms with E-state index in [2.05, 4.69) is 0 Å². The van der Waals surface area contributed by atoms with Gasteiger partial charge in [-0.15, -0.1) is 0 Å². The van der Waals surface area contributed by atoms with Crippen LogP contribution in [-0.4, -0.2) is 29.4 Å². The van der Waals surface area contributed by atoms with Crippen molar-refractivity contribution in [3.63, 3.8) is 0 Å². The molecule has 0 saturated carbocycles. The molecule has 1 aliphatic carbocycles. The van der Waals surface area contributed by atoms with Crippen molar-refractivity contribution in [2.24, 2.45) is 0 Å². The number of carboxylic acid groups (broad SMARTS) is 1. The molecule has 1 aromatic carbocycles. The fraction of sp³-hybridized carbons (Fsp3) is 0.438. The lowest BCUT2D eigenvalue weighted by Crippen LogP contribution is -2.19. The lowest BCUT2D eigenvalue weighted by Gasteiger charge is -2.21. The predicted molar refractivity (Wildman–Crippen MR) is 77.8 cm³/mol. The zero-order valence-corrected chi connectivity index (χ0v) is 11.9. The van der Waals surface area contributed by atoms with Gasteiger partial charge >= 0.3 is 5.97 Å². The van der Waals surface area contributed by atoms with E-state index in [0.29, 0.717) is 12.2 Å². The first-order valence-electron chi connectivity index (χ1n) is 7.15. The number of rotatable bonds is 4. The van der Waals surface area contributed by atoms with Crippen LogP contribution in [0.4, 0.5) is 4.39 Å². The Labute approximate surface area is 122 Å². The van der Waals surface area contributed by atoms with Crippen molar-refractivity contribution < 1.29 is 19.0 Å². The Kier molecular flexibility index (Phi) is 3.57. The molecule has 21 heavy (non-hydrogen) atoms. The van der Waals surface area contributed by atoms with Crippen LogP contribution in [-0.2, 0) is 17.8 Å². The van der Waals surface area contributed by atoms with Gasteiger partial charge in [0.05, 0.1) is 25.1 Å². The summed E-state index contributed by atoms with van der Waals surface area (Å²) < 4.78 is 20.3. The van der Waals surface area contributed by atoms with Crippen LogP contribution in [0.5, 0.6) is 5.75 Å². The van der Waals surface area contributed by atoms with Gasteiger partial charge < -0.3 is 14.4 Å². The van der Waals surface area contributed by atoms with E-state index < -0.39 is 18.6 Å². The van der Waals surface area contributed by atoms with E-state index in [0.717, 1.165) is 35.0 Å². The third-order valence-corrected chi connectivity index (χ3v) is 4.28. The molecule has 0 amide bonds. The average Bonchev–Trinajstić information content (AvgIpc) is 2.82. The van der Waals surface area contributed by atoms with Gasteiger partial charge in [-0.2, -0.15) is 0 Å². The molecule has 1 atom stereocenters. The molecule has 5 heteroatoms. The van der Waals surface area contributed by atoms with E-state index in [1.807, 2.05) is 22.8 Å². The van der Waals surface area contributed by atoms with E-state index in [1.54, 1.807) is 7.11 Å². The van der Waals surface area contributed by atoms with Gasteiger partial charge in [0.1, 0.15) is 12.4 Å². The first-order chi connectivity index (χ1) is 10.2. The third-order valence-electron chi connectivity index (χ3n) is 4.28. The molecular weight excluding hydrogens is 273 g/mol. The molecule has 0 aliphatic heterocycles. The molecule has 1 unspecified atom stereocenters. The minimum atomic E-state index is -0.818. The van der Waals surface area contributed by atoms with Gasteiger partial charge in [0, 0.05) is 11.1 Å². The van der Waals surface area contributed by atoms with Crippen LogP contribution in [0, 0.1) is 0 Å². The molecule has 0 radical (unpaired) electrons. The van der Waals surface area contributed by atoms with Gasteiger partial charge in [-0.3, -0.25) is 4.79 Å². The number of carbonyl (C=O) groups is 1. The molecule has 112 valence electrons. The average molecular weight is 291 g/mol. The van der Waals surface area contributed by atoms with Crippen molar-refractivity contribution in [2.45, 2.75) is 31.7 Å². The number of fused-ring (bicyclic) bond motifs is 3. The fourth-order valence-electron chi connectivity index (χ4n) is 3.47. The summed E-state index contributed by atoms with van der Waals surface area (Å²) >= 11 is 0. The number of aryl methyl sites for hydroxylation is 1. The Morgan fingerprint density at radius 3 is 3.00 bits per heavy atom. The first kappa shape index (κ1) is 13.9. The third kappa shape index (κ3) is 2.07. The normalized spacial score (nSPS) is 17.7. The Bertz CT molecular complexity index is 692. The quantitative estimate of drug-likeness (QED) is 0.941. The van der Waals surface area contributed by atoms with E-state index in [9.17, 15) is 14.3 Å². The summed E-state index contributed by atoms with van der Waals surface area (Å²) in [7, 11) is 1.58. The molecule has 0 spiro atoms. The zero-order chi connectivity index (χ0) is 15.0. The largest absolute Gasteiger partial charge is 0.496 e. The molecular formula is C16H18FNO3. The Morgan fingerprint density at radius 2 is 2.33 bits per heavy atom. The second-order valence-corrected chi connectivity index (χ2v) is 5.34. The lowest BCUT2D eigenvalue weighted by atomic mass is 9.85. The van der Waals surface area contributed by atoms with Crippen LogP contribution in [0.2, 0.25) is 0 Å². The number of aliphatic carboxylic acids is 1. The SMILES string of the molecule is COc1cccc2c1c1c(n2CCF)CCCC1C(=O)O. The van der Waals surface area contributed by atoms with Gasteiger partial charge in [-0.1, -0.05) is 6.07 Å². The van der Waals surface area contributed by atoms with E-state index >= 15 is 0 Å². The molecule has 1 heterocycles. The molecule has 0 fully saturated rings. The summed E-state index contributed by atoms with van der Waals surface area (Å²) in [6.07, 6.45) is 2.22. The summed E-state index contributed by atoms with van der Waals surface area (Å²) in [5, 5.41) is 10.4. The fourth-order valence-corrected chi connectivity index (χ4v) is 3.47. The summed E-state index contributed by atoms with van der Waals surface area (Å²) in [6.45, 7) is -0.212. The van der Waals surface area contributed by atoms with Gasteiger partial charge in [-0.05, 0) is 37.0 Å². The number of hydrogen-bond acceptors (Lipinski definition) is 2. The number of methoxy groups -OCH3 is 1. The maximum atomic E-state index is 12.9. The molecule has 2 aromatic rings. The summed E-state index contributed by atoms with van der Waals surface area (Å²) in [4.78, 5) is 11.6. The van der Waals surface area contributed by atoms with Crippen molar-refractivity contribution >= 4 is 16.9 Å². The maximum absolute atomic E-state index is 12.9. The Morgan fingerprint density at radius 1 is 1.52 bits per heavy atom. The second kappa shape index (κ2) is 5.39. The molecule has 0 saturated heterocycles.